The summed E-state index contributed by atoms with van der Waals surface area (Å²) < 4.78 is 5.12. The van der Waals surface area contributed by atoms with Crippen molar-refractivity contribution < 1.29 is 64.4 Å². The molecule has 0 radical (unpaired) electrons. The number of hydrogen-bond donors (Lipinski definition) is 9. The largest absolute Gasteiger partial charge is 0.391 e. The first kappa shape index (κ1) is 60.4. The van der Waals surface area contributed by atoms with Gasteiger partial charge in [-0.15, -0.1) is 0 Å². The van der Waals surface area contributed by atoms with Crippen molar-refractivity contribution in [2.45, 2.75) is 84.0 Å². The number of nitrogens with one attached hydrogen (secondary N) is 9. The summed E-state index contributed by atoms with van der Waals surface area (Å²) in [5.41, 5.74) is 2.48. The summed E-state index contributed by atoms with van der Waals surface area (Å²) in [6, 6.07) is 22.2. The molecule has 3 aromatic heterocycles. The van der Waals surface area contributed by atoms with Crippen LogP contribution in [0.2, 0.25) is 0 Å². The Kier molecular flexibility index (Phi) is 30.9. The van der Waals surface area contributed by atoms with Crippen LogP contribution in [0, 0.1) is 36.5 Å². The first-order valence-electron chi connectivity index (χ1n) is 29.4. The lowest BCUT2D eigenvalue weighted by molar-refractivity contribution is -0.929. The molecule has 73 heavy (non-hydrogen) atoms. The van der Waals surface area contributed by atoms with E-state index in [1.807, 2.05) is 94.2 Å². The molecule has 0 spiro atoms. The number of aromatic amines is 3. The average Bonchev–Trinajstić information content (AvgIpc) is 3.44. The maximum atomic E-state index is 8.51. The van der Waals surface area contributed by atoms with Crippen LogP contribution in [-0.4, -0.2) is 167 Å². The number of morpholine rings is 1. The SMILES string of the molecule is C1C2CC3CC1C[NH+](C2)C3.C1C[NH+]2CCC1CC2.C1C[NH+]2CCC1CC2.C[NH+]1CCCCC1.C[NH+]1CCOCC1.Cc1cc[nH+]cc1.OCC[NH+](CCO)CCO.c1cc[nH+]cc1.c1ccc2[nH+]cccc2c1. The van der Waals surface area contributed by atoms with Gasteiger partial charge in [0, 0.05) is 59.5 Å². The van der Waals surface area contributed by atoms with Gasteiger partial charge in [0.2, 0.25) is 5.52 Å². The highest BCUT2D eigenvalue weighted by Crippen LogP contribution is 2.36. The number of aromatic nitrogens is 3. The molecule has 0 atom stereocenters. The number of piperidine rings is 10. The second kappa shape index (κ2) is 37.3. The van der Waals surface area contributed by atoms with Crippen LogP contribution in [0.1, 0.15) is 82.6 Å². The number of quaternary nitrogens is 6. The van der Waals surface area contributed by atoms with Gasteiger partial charge in [0.05, 0.1) is 119 Å². The lowest BCUT2D eigenvalue weighted by atomic mass is 9.68. The van der Waals surface area contributed by atoms with Gasteiger partial charge in [-0.2, -0.15) is 0 Å². The van der Waals surface area contributed by atoms with Crippen LogP contribution >= 0.6 is 0 Å². The van der Waals surface area contributed by atoms with Crippen molar-refractivity contribution in [3.63, 3.8) is 0 Å². The van der Waals surface area contributed by atoms with Crippen molar-refractivity contribution >= 4 is 10.9 Å². The summed E-state index contributed by atoms with van der Waals surface area (Å²) in [5, 5.41) is 26.8. The molecule has 14 heterocycles. The minimum Gasteiger partial charge on any atom is -0.391 e. The number of para-hydroxylation sites is 1. The second-order valence-corrected chi connectivity index (χ2v) is 22.8. The van der Waals surface area contributed by atoms with Crippen molar-refractivity contribution in [3.05, 3.63) is 103 Å². The average molecular weight is 1020 g/mol. The number of aliphatic hydroxyl groups excluding tert-OH is 3. The van der Waals surface area contributed by atoms with Crippen molar-refractivity contribution in [1.82, 2.24) is 0 Å². The van der Waals surface area contributed by atoms with E-state index in [0.717, 1.165) is 47.7 Å². The van der Waals surface area contributed by atoms with Gasteiger partial charge < -0.3 is 49.5 Å². The van der Waals surface area contributed by atoms with Gasteiger partial charge in [-0.1, -0.05) is 18.2 Å². The highest BCUT2D eigenvalue weighted by Gasteiger charge is 2.44. The number of hydrogen-bond acceptors (Lipinski definition) is 4. The Hall–Kier alpha value is -3.47. The predicted molar refractivity (Wildman–Crippen MR) is 292 cm³/mol. The summed E-state index contributed by atoms with van der Waals surface area (Å²) in [6.07, 6.45) is 27.8. The third-order valence-electron chi connectivity index (χ3n) is 16.7. The van der Waals surface area contributed by atoms with Gasteiger partial charge in [0.25, 0.3) is 0 Å². The van der Waals surface area contributed by atoms with Crippen molar-refractivity contribution in [1.29, 1.82) is 0 Å². The molecule has 1 saturated carbocycles. The first-order chi connectivity index (χ1) is 35.8. The summed E-state index contributed by atoms with van der Waals surface area (Å²) in [4.78, 5) is 19.0. The number of aryl methyl sites for hydroxylation is 1. The monoisotopic (exact) mass is 1020 g/mol. The van der Waals surface area contributed by atoms with Crippen LogP contribution in [0.15, 0.2) is 97.7 Å². The molecule has 0 unspecified atom stereocenters. The van der Waals surface area contributed by atoms with Crippen molar-refractivity contribution in [2.75, 3.05) is 152 Å². The van der Waals surface area contributed by atoms with Crippen LogP contribution in [0.5, 0.6) is 0 Å². The number of likely N-dealkylation sites (tertiary alicyclic amines) is 1. The summed E-state index contributed by atoms with van der Waals surface area (Å²) in [7, 11) is 4.47. The normalized spacial score (nSPS) is 26.9. The molecule has 12 aliphatic rings. The number of likely N-dealkylation sites (N-methyl/N-ethyl adjacent to an activating group) is 1. The van der Waals surface area contributed by atoms with E-state index in [0.29, 0.717) is 19.6 Å². The van der Waals surface area contributed by atoms with E-state index in [9.17, 15) is 0 Å². The standard InChI is InChI=1S/C9H15N.C9H7N.2C7H13N.C6H15NO3.C6H7N.C6H13N.C5H11NO.C5H5N/c1-7-2-9-3-8(1)5-10(4-7)6-9;1-2-6-9-8(4-1)5-3-7-10-9;2*1-4-8-5-2-7(1)3-6-8;8-4-1-7(2-5-9)3-6-10;1-6-2-4-7-5-3-6;1-7-5-3-2-4-6-7;1-6-2-4-7-5-3-6;1-2-4-6-5-3-1/h7-9H,1-6H2;1-7H;2*7H,1-6H2;8-10H,1-6H2;2-5H,1H3;2-6H2,1H3;2-5H2,1H3;1-5H/p+9. The lowest BCUT2D eigenvalue weighted by Gasteiger charge is -2.48. The molecule has 1 aliphatic carbocycles. The fourth-order valence-corrected chi connectivity index (χ4v) is 12.3. The predicted octanol–water partition coefficient (Wildman–Crippen LogP) is -2.67. The van der Waals surface area contributed by atoms with E-state index >= 15 is 0 Å². The molecule has 1 aromatic carbocycles. The van der Waals surface area contributed by atoms with E-state index in [1.54, 1.807) is 29.1 Å². The van der Waals surface area contributed by atoms with E-state index in [2.05, 4.69) is 54.2 Å². The van der Waals surface area contributed by atoms with Crippen LogP contribution in [0.4, 0.5) is 0 Å². The molecule has 11 saturated heterocycles. The zero-order chi connectivity index (χ0) is 51.6. The number of fused-ring (bicyclic) bond motifs is 7. The highest BCUT2D eigenvalue weighted by atomic mass is 16.5. The molecule has 4 aromatic rings. The number of pyridine rings is 3. The Balaban J connectivity index is 0.000000153. The zero-order valence-electron chi connectivity index (χ0n) is 46.2. The van der Waals surface area contributed by atoms with Crippen LogP contribution in [-0.2, 0) is 4.74 Å². The van der Waals surface area contributed by atoms with Gasteiger partial charge >= 0.3 is 0 Å². The number of benzene rings is 1. The molecule has 408 valence electrons. The topological polar surface area (TPSA) is 139 Å². The number of ether oxygens (including phenoxy) is 1. The van der Waals surface area contributed by atoms with Gasteiger partial charge in [0.15, 0.2) is 31.0 Å². The van der Waals surface area contributed by atoms with Gasteiger partial charge in [0.1, 0.15) is 32.7 Å². The van der Waals surface area contributed by atoms with E-state index in [-0.39, 0.29) is 19.8 Å². The maximum absolute atomic E-state index is 8.51. The minimum atomic E-state index is 0.106. The van der Waals surface area contributed by atoms with E-state index in [4.69, 9.17) is 20.1 Å². The van der Waals surface area contributed by atoms with E-state index in [1.165, 1.54) is 159 Å². The highest BCUT2D eigenvalue weighted by molar-refractivity contribution is 5.74. The summed E-state index contributed by atoms with van der Waals surface area (Å²) in [6.45, 7) is 24.7. The molecule has 13 heteroatoms. The molecule has 12 N–H and O–H groups in total. The Morgan fingerprint density at radius 1 is 0.479 bits per heavy atom. The third kappa shape index (κ3) is 26.2. The van der Waals surface area contributed by atoms with Crippen molar-refractivity contribution in [2.24, 2.45) is 29.6 Å². The molecule has 11 aliphatic heterocycles. The fourth-order valence-electron chi connectivity index (χ4n) is 12.3. The maximum Gasteiger partial charge on any atom is 0.210 e. The second-order valence-electron chi connectivity index (χ2n) is 22.8. The molecule has 12 fully saturated rings. The van der Waals surface area contributed by atoms with Gasteiger partial charge in [-0.3, -0.25) is 0 Å². The Morgan fingerprint density at radius 3 is 1.23 bits per heavy atom. The van der Waals surface area contributed by atoms with Crippen LogP contribution in [0.25, 0.3) is 10.9 Å². The molecular formula is C60H108N9O4+9. The van der Waals surface area contributed by atoms with Crippen LogP contribution < -0.4 is 44.4 Å². The molecule has 16 rings (SSSR count). The van der Waals surface area contributed by atoms with Gasteiger partial charge in [-0.25, -0.2) is 15.0 Å². The molecular weight excluding hydrogens is 911 g/mol. The molecule has 0 amide bonds. The number of rotatable bonds is 6. The van der Waals surface area contributed by atoms with Crippen molar-refractivity contribution in [3.8, 4) is 0 Å². The van der Waals surface area contributed by atoms with Crippen LogP contribution in [0.3, 0.4) is 0 Å². The van der Waals surface area contributed by atoms with E-state index < -0.39 is 0 Å². The molecule has 8 bridgehead atoms. The summed E-state index contributed by atoms with van der Waals surface area (Å²) >= 11 is 0. The number of aliphatic hydroxyl groups is 3. The third-order valence-corrected chi connectivity index (χ3v) is 16.7. The minimum absolute atomic E-state index is 0.106. The first-order valence-corrected chi connectivity index (χ1v) is 29.4. The summed E-state index contributed by atoms with van der Waals surface area (Å²) in [5.74, 6) is 5.68. The fraction of sp³-hybridized carbons (Fsp3) is 0.683. The quantitative estimate of drug-likeness (QED) is 0.104. The lowest BCUT2D eigenvalue weighted by Crippen LogP contribution is -3.17. The molecule has 13 nitrogen and oxygen atoms in total. The number of H-pyrrole nitrogens is 3. The Morgan fingerprint density at radius 2 is 0.932 bits per heavy atom. The zero-order valence-corrected chi connectivity index (χ0v) is 46.2. The Labute approximate surface area is 442 Å². The van der Waals surface area contributed by atoms with Gasteiger partial charge in [-0.05, 0) is 114 Å². The Bertz CT molecular complexity index is 1640. The smallest absolute Gasteiger partial charge is 0.210 e.